The lowest BCUT2D eigenvalue weighted by Gasteiger charge is -2.09. The highest BCUT2D eigenvalue weighted by Gasteiger charge is 2.30. The van der Waals surface area contributed by atoms with Gasteiger partial charge in [-0.1, -0.05) is 0 Å². The fourth-order valence-corrected chi connectivity index (χ4v) is 2.00. The van der Waals surface area contributed by atoms with Crippen LogP contribution in [-0.4, -0.2) is 28.4 Å². The molecule has 5 nitrogen and oxygen atoms in total. The van der Waals surface area contributed by atoms with Gasteiger partial charge in [0.25, 0.3) is 5.91 Å². The zero-order valence-electron chi connectivity index (χ0n) is 10.6. The molecule has 1 aromatic carbocycles. The largest absolute Gasteiger partial charge is 0.416 e. The number of aliphatic imine (C=N–C) groups is 1. The van der Waals surface area contributed by atoms with Crippen molar-refractivity contribution >= 4 is 17.8 Å². The summed E-state index contributed by atoms with van der Waals surface area (Å²) in [6, 6.07) is 4.42. The third kappa shape index (κ3) is 2.39. The second-order valence-corrected chi connectivity index (χ2v) is 4.36. The summed E-state index contributed by atoms with van der Waals surface area (Å²) in [5.41, 5.74) is 0.178. The van der Waals surface area contributed by atoms with Gasteiger partial charge in [0.15, 0.2) is 5.69 Å². The second-order valence-electron chi connectivity index (χ2n) is 4.36. The number of halogens is 3. The number of carbonyl (C=O) groups excluding carboxylic acids is 1. The molecule has 0 bridgehead atoms. The molecule has 1 N–H and O–H groups in total. The number of amides is 1. The van der Waals surface area contributed by atoms with Gasteiger partial charge in [-0.15, -0.1) is 0 Å². The Bertz CT molecular complexity index is 716. The van der Waals surface area contributed by atoms with E-state index in [9.17, 15) is 18.0 Å². The van der Waals surface area contributed by atoms with Crippen LogP contribution in [0.3, 0.4) is 0 Å². The Balaban J connectivity index is 2.04. The summed E-state index contributed by atoms with van der Waals surface area (Å²) < 4.78 is 38.9. The Morgan fingerprint density at radius 2 is 1.90 bits per heavy atom. The Labute approximate surface area is 117 Å². The van der Waals surface area contributed by atoms with Gasteiger partial charge >= 0.3 is 6.18 Å². The van der Waals surface area contributed by atoms with E-state index in [-0.39, 0.29) is 11.6 Å². The fraction of sp³-hybridized carbons (Fsp3) is 0.154. The van der Waals surface area contributed by atoms with Gasteiger partial charge in [-0.05, 0) is 24.3 Å². The van der Waals surface area contributed by atoms with E-state index in [2.05, 4.69) is 15.4 Å². The average Bonchev–Trinajstić information content (AvgIpc) is 2.78. The Hall–Kier alpha value is -2.64. The molecule has 1 aromatic heterocycles. The summed E-state index contributed by atoms with van der Waals surface area (Å²) in [4.78, 5) is 16.0. The highest BCUT2D eigenvalue weighted by molar-refractivity contribution is 6.00. The van der Waals surface area contributed by atoms with Crippen molar-refractivity contribution < 1.29 is 18.0 Å². The first-order valence-corrected chi connectivity index (χ1v) is 6.03. The summed E-state index contributed by atoms with van der Waals surface area (Å²) >= 11 is 0. The van der Waals surface area contributed by atoms with E-state index >= 15 is 0 Å². The first kappa shape index (κ1) is 13.3. The molecular formula is C13H9F3N4O. The number of hydrogen-bond donors (Lipinski definition) is 1. The Morgan fingerprint density at radius 1 is 1.19 bits per heavy atom. The van der Waals surface area contributed by atoms with Crippen molar-refractivity contribution in [2.45, 2.75) is 6.18 Å². The summed E-state index contributed by atoms with van der Waals surface area (Å²) in [5.74, 6) is -0.375. The minimum atomic E-state index is -4.40. The lowest BCUT2D eigenvalue weighted by Crippen LogP contribution is -2.26. The van der Waals surface area contributed by atoms with Crippen LogP contribution in [0, 0.1) is 0 Å². The van der Waals surface area contributed by atoms with Crippen molar-refractivity contribution in [3.8, 4) is 5.69 Å². The molecule has 0 saturated heterocycles. The van der Waals surface area contributed by atoms with Crippen LogP contribution in [0.2, 0.25) is 0 Å². The van der Waals surface area contributed by atoms with E-state index in [1.807, 2.05) is 0 Å². The zero-order chi connectivity index (χ0) is 15.0. The van der Waals surface area contributed by atoms with Crippen LogP contribution >= 0.6 is 0 Å². The lowest BCUT2D eigenvalue weighted by atomic mass is 10.2. The van der Waals surface area contributed by atoms with E-state index in [1.165, 1.54) is 29.2 Å². The molecule has 2 heterocycles. The number of hydrogen-bond acceptors (Lipinski definition) is 3. The van der Waals surface area contributed by atoms with Crippen LogP contribution in [0.4, 0.5) is 18.9 Å². The molecule has 1 aliphatic rings. The molecule has 0 atom stereocenters. The van der Waals surface area contributed by atoms with E-state index in [0.717, 1.165) is 12.1 Å². The summed E-state index contributed by atoms with van der Waals surface area (Å²) in [6.07, 6.45) is -1.47. The average molecular weight is 294 g/mol. The van der Waals surface area contributed by atoms with Crippen LogP contribution < -0.4 is 5.32 Å². The van der Waals surface area contributed by atoms with Gasteiger partial charge in [0.1, 0.15) is 5.69 Å². The summed E-state index contributed by atoms with van der Waals surface area (Å²) in [7, 11) is 0. The summed E-state index contributed by atoms with van der Waals surface area (Å²) in [6.45, 7) is 0.292. The van der Waals surface area contributed by atoms with E-state index < -0.39 is 11.7 Å². The molecule has 0 fully saturated rings. The monoisotopic (exact) mass is 294 g/mol. The molecule has 8 heteroatoms. The molecule has 0 unspecified atom stereocenters. The topological polar surface area (TPSA) is 59.3 Å². The zero-order valence-corrected chi connectivity index (χ0v) is 10.6. The van der Waals surface area contributed by atoms with Crippen LogP contribution in [-0.2, 0) is 6.18 Å². The van der Waals surface area contributed by atoms with Gasteiger partial charge in [0, 0.05) is 6.21 Å². The predicted octanol–water partition coefficient (Wildman–Crippen LogP) is 2.34. The smallest absolute Gasteiger partial charge is 0.346 e. The number of nitrogens with zero attached hydrogens (tertiary/aromatic N) is 3. The fourth-order valence-electron chi connectivity index (χ4n) is 2.00. The van der Waals surface area contributed by atoms with Crippen molar-refractivity contribution in [2.75, 3.05) is 6.54 Å². The van der Waals surface area contributed by atoms with Crippen LogP contribution in [0.5, 0.6) is 0 Å². The first-order chi connectivity index (χ1) is 9.97. The Morgan fingerprint density at radius 3 is 2.57 bits per heavy atom. The van der Waals surface area contributed by atoms with E-state index in [4.69, 9.17) is 0 Å². The number of alkyl halides is 3. The number of nitrogens with one attached hydrogen (secondary N) is 1. The quantitative estimate of drug-likeness (QED) is 0.877. The van der Waals surface area contributed by atoms with Crippen molar-refractivity contribution in [3.63, 3.8) is 0 Å². The number of carbonyl (C=O) groups is 1. The number of benzene rings is 1. The van der Waals surface area contributed by atoms with Gasteiger partial charge < -0.3 is 5.32 Å². The number of rotatable bonds is 1. The van der Waals surface area contributed by atoms with Gasteiger partial charge in [0.05, 0.1) is 24.0 Å². The molecule has 3 rings (SSSR count). The highest BCUT2D eigenvalue weighted by atomic mass is 19.4. The molecule has 0 spiro atoms. The molecule has 1 amide bonds. The van der Waals surface area contributed by atoms with Crippen LogP contribution in [0.1, 0.15) is 16.1 Å². The molecule has 2 aromatic rings. The molecule has 108 valence electrons. The first-order valence-electron chi connectivity index (χ1n) is 6.03. The van der Waals surface area contributed by atoms with Gasteiger partial charge in [-0.3, -0.25) is 9.79 Å². The molecule has 0 radical (unpaired) electrons. The maximum absolute atomic E-state index is 12.5. The highest BCUT2D eigenvalue weighted by Crippen LogP contribution is 2.30. The third-order valence-corrected chi connectivity index (χ3v) is 2.99. The standard InChI is InChI=1S/C13H9F3N4O/c14-13(15,16)8-1-3-9(4-2-8)20-11-10(7-19-20)17-5-6-18-12(11)21/h1-5,7H,6H2,(H,18,21). The maximum atomic E-state index is 12.5. The molecule has 1 aliphatic heterocycles. The lowest BCUT2D eigenvalue weighted by molar-refractivity contribution is -0.137. The second kappa shape index (κ2) is 4.72. The van der Waals surface area contributed by atoms with Crippen molar-refractivity contribution in [1.29, 1.82) is 0 Å². The van der Waals surface area contributed by atoms with Gasteiger partial charge in [-0.2, -0.15) is 18.3 Å². The van der Waals surface area contributed by atoms with Crippen molar-refractivity contribution in [1.82, 2.24) is 15.1 Å². The summed E-state index contributed by atoms with van der Waals surface area (Å²) in [5, 5.41) is 6.62. The molecular weight excluding hydrogens is 285 g/mol. The number of fused-ring (bicyclic) bond motifs is 1. The third-order valence-electron chi connectivity index (χ3n) is 2.99. The minimum Gasteiger partial charge on any atom is -0.346 e. The maximum Gasteiger partial charge on any atom is 0.416 e. The van der Waals surface area contributed by atoms with E-state index in [1.54, 1.807) is 0 Å². The molecule has 0 aliphatic carbocycles. The van der Waals surface area contributed by atoms with E-state index in [0.29, 0.717) is 17.9 Å². The molecule has 21 heavy (non-hydrogen) atoms. The minimum absolute atomic E-state index is 0.198. The SMILES string of the molecule is O=C1NCC=Nc2cnn(-c3ccc(C(F)(F)F)cc3)c21. The van der Waals surface area contributed by atoms with Crippen molar-refractivity contribution in [2.24, 2.45) is 4.99 Å². The van der Waals surface area contributed by atoms with Crippen molar-refractivity contribution in [3.05, 3.63) is 41.7 Å². The predicted molar refractivity (Wildman–Crippen MR) is 69.1 cm³/mol. The number of aromatic nitrogens is 2. The van der Waals surface area contributed by atoms with Gasteiger partial charge in [0.2, 0.25) is 0 Å². The molecule has 0 saturated carbocycles. The van der Waals surface area contributed by atoms with Gasteiger partial charge in [-0.25, -0.2) is 4.68 Å². The Kier molecular flexibility index (Phi) is 3.00. The normalized spacial score (nSPS) is 14.5. The van der Waals surface area contributed by atoms with Crippen LogP contribution in [0.25, 0.3) is 5.69 Å². The van der Waals surface area contributed by atoms with Crippen LogP contribution in [0.15, 0.2) is 35.5 Å².